The normalized spacial score (nSPS) is 24.3. The van der Waals surface area contributed by atoms with Gasteiger partial charge in [0.05, 0.1) is 13.1 Å². The average molecular weight is 159 g/mol. The largest absolute Gasteiger partial charge is 0.405 e. The summed E-state index contributed by atoms with van der Waals surface area (Å²) in [7, 11) is 0. The maximum Gasteiger partial charge on any atom is 0.155 e. The second kappa shape index (κ2) is 2.11. The van der Waals surface area contributed by atoms with Crippen LogP contribution in [0.5, 0.6) is 5.75 Å². The van der Waals surface area contributed by atoms with Crippen molar-refractivity contribution in [2.45, 2.75) is 0 Å². The summed E-state index contributed by atoms with van der Waals surface area (Å²) < 4.78 is 0. The van der Waals surface area contributed by atoms with Gasteiger partial charge in [-0.1, -0.05) is 24.3 Å². The van der Waals surface area contributed by atoms with Crippen molar-refractivity contribution in [1.82, 2.24) is 5.06 Å². The Bertz CT molecular complexity index is 357. The predicted octanol–water partition coefficient (Wildman–Crippen LogP) is 1.69. The first kappa shape index (κ1) is 6.26. The van der Waals surface area contributed by atoms with Crippen molar-refractivity contribution in [3.8, 4) is 5.75 Å². The van der Waals surface area contributed by atoms with Crippen LogP contribution in [0.15, 0.2) is 30.3 Å². The number of fused-ring (bicyclic) bond motifs is 4. The zero-order chi connectivity index (χ0) is 7.97. The number of hydrogen-bond acceptors (Lipinski definition) is 2. The molecule has 2 aliphatic rings. The molecule has 0 N–H and O–H groups in total. The number of hydrogen-bond donors (Lipinski definition) is 0. The Morgan fingerprint density at radius 1 is 1.25 bits per heavy atom. The molecule has 0 spiro atoms. The smallest absolute Gasteiger partial charge is 0.155 e. The predicted molar refractivity (Wildman–Crippen MR) is 46.6 cm³/mol. The molecule has 0 aliphatic carbocycles. The highest BCUT2D eigenvalue weighted by atomic mass is 16.7. The number of hydroxylamine groups is 2. The molecule has 0 saturated carbocycles. The molecule has 2 nitrogen and oxygen atoms in total. The maximum atomic E-state index is 5.60. The van der Waals surface area contributed by atoms with E-state index in [4.69, 9.17) is 4.84 Å². The molecule has 1 unspecified atom stereocenters. The molecular formula is C10H9NO. The third-order valence-corrected chi connectivity index (χ3v) is 2.35. The molecule has 1 aromatic rings. The van der Waals surface area contributed by atoms with Crippen LogP contribution in [-0.4, -0.2) is 18.2 Å². The molecule has 0 amide bonds. The molecule has 12 heavy (non-hydrogen) atoms. The lowest BCUT2D eigenvalue weighted by atomic mass is 10.1. The molecule has 0 fully saturated rings. The highest BCUT2D eigenvalue weighted by Gasteiger charge is 2.25. The third kappa shape index (κ3) is 0.728. The molecule has 2 heteroatoms. The lowest BCUT2D eigenvalue weighted by molar-refractivity contribution is -0.0325. The zero-order valence-corrected chi connectivity index (χ0v) is 6.66. The van der Waals surface area contributed by atoms with Gasteiger partial charge in [0.2, 0.25) is 0 Å². The quantitative estimate of drug-likeness (QED) is 0.571. The van der Waals surface area contributed by atoms with Crippen molar-refractivity contribution >= 4 is 5.57 Å². The van der Waals surface area contributed by atoms with Crippen LogP contribution in [0.25, 0.3) is 5.57 Å². The minimum absolute atomic E-state index is 0.921. The van der Waals surface area contributed by atoms with Crippen LogP contribution in [0.2, 0.25) is 0 Å². The SMILES string of the molecule is C1=C2CN(C1)Oc1ccccc12. The van der Waals surface area contributed by atoms with Crippen LogP contribution in [0, 0.1) is 0 Å². The standard InChI is InChI=1S/C10H9NO/c1-2-4-10-9(3-1)8-5-6-11(7-8)12-10/h1-5H,6-7H2. The van der Waals surface area contributed by atoms with E-state index in [2.05, 4.69) is 18.2 Å². The Balaban J connectivity index is 2.22. The van der Waals surface area contributed by atoms with Crippen LogP contribution in [0.3, 0.4) is 0 Å². The first-order chi connectivity index (χ1) is 5.93. The van der Waals surface area contributed by atoms with Gasteiger partial charge < -0.3 is 4.84 Å². The summed E-state index contributed by atoms with van der Waals surface area (Å²) in [5.74, 6) is 0.993. The van der Waals surface area contributed by atoms with Gasteiger partial charge in [-0.15, -0.1) is 5.06 Å². The first-order valence-electron chi connectivity index (χ1n) is 4.15. The van der Waals surface area contributed by atoms with E-state index in [1.807, 2.05) is 17.2 Å². The Kier molecular flexibility index (Phi) is 1.10. The molecule has 0 saturated heterocycles. The van der Waals surface area contributed by atoms with Crippen LogP contribution in [-0.2, 0) is 0 Å². The molecule has 2 heterocycles. The zero-order valence-electron chi connectivity index (χ0n) is 6.66. The Morgan fingerprint density at radius 2 is 2.17 bits per heavy atom. The van der Waals surface area contributed by atoms with Crippen molar-refractivity contribution < 1.29 is 4.84 Å². The maximum absolute atomic E-state index is 5.60. The van der Waals surface area contributed by atoms with E-state index >= 15 is 0 Å². The Morgan fingerprint density at radius 3 is 3.17 bits per heavy atom. The second-order valence-electron chi connectivity index (χ2n) is 3.14. The number of benzene rings is 1. The summed E-state index contributed by atoms with van der Waals surface area (Å²) in [6.07, 6.45) is 2.23. The minimum Gasteiger partial charge on any atom is -0.405 e. The van der Waals surface area contributed by atoms with E-state index in [-0.39, 0.29) is 0 Å². The lowest BCUT2D eigenvalue weighted by Crippen LogP contribution is -2.27. The number of nitrogens with zero attached hydrogens (tertiary/aromatic N) is 1. The van der Waals surface area contributed by atoms with Gasteiger partial charge in [-0.25, -0.2) is 0 Å². The van der Waals surface area contributed by atoms with Gasteiger partial charge in [0.1, 0.15) is 0 Å². The van der Waals surface area contributed by atoms with Crippen molar-refractivity contribution in [1.29, 1.82) is 0 Å². The van der Waals surface area contributed by atoms with Gasteiger partial charge in [-0.05, 0) is 11.6 Å². The monoisotopic (exact) mass is 159 g/mol. The highest BCUT2D eigenvalue weighted by molar-refractivity contribution is 5.74. The molecule has 2 aliphatic heterocycles. The van der Waals surface area contributed by atoms with Gasteiger partial charge in [-0.2, -0.15) is 0 Å². The van der Waals surface area contributed by atoms with E-state index < -0.39 is 0 Å². The fraction of sp³-hybridized carbons (Fsp3) is 0.200. The van der Waals surface area contributed by atoms with Crippen molar-refractivity contribution in [2.24, 2.45) is 0 Å². The van der Waals surface area contributed by atoms with Crippen molar-refractivity contribution in [3.63, 3.8) is 0 Å². The van der Waals surface area contributed by atoms with Gasteiger partial charge in [-0.3, -0.25) is 0 Å². The summed E-state index contributed by atoms with van der Waals surface area (Å²) >= 11 is 0. The first-order valence-corrected chi connectivity index (χ1v) is 4.15. The second-order valence-corrected chi connectivity index (χ2v) is 3.14. The number of rotatable bonds is 0. The van der Waals surface area contributed by atoms with Gasteiger partial charge in [0, 0.05) is 5.56 Å². The van der Waals surface area contributed by atoms with Gasteiger partial charge >= 0.3 is 0 Å². The topological polar surface area (TPSA) is 12.5 Å². The van der Waals surface area contributed by atoms with E-state index in [1.165, 1.54) is 11.1 Å². The molecule has 60 valence electrons. The summed E-state index contributed by atoms with van der Waals surface area (Å²) in [5.41, 5.74) is 2.66. The average Bonchev–Trinajstić information content (AvgIpc) is 2.49. The van der Waals surface area contributed by atoms with E-state index in [0.29, 0.717) is 0 Å². The minimum atomic E-state index is 0.921. The van der Waals surface area contributed by atoms with Gasteiger partial charge in [0.15, 0.2) is 5.75 Å². The molecule has 3 rings (SSSR count). The summed E-state index contributed by atoms with van der Waals surface area (Å²) in [6.45, 7) is 1.86. The van der Waals surface area contributed by atoms with E-state index in [0.717, 1.165) is 18.8 Å². The summed E-state index contributed by atoms with van der Waals surface area (Å²) in [6, 6.07) is 8.19. The fourth-order valence-corrected chi connectivity index (χ4v) is 1.75. The third-order valence-electron chi connectivity index (χ3n) is 2.35. The summed E-state index contributed by atoms with van der Waals surface area (Å²) in [4.78, 5) is 5.60. The van der Waals surface area contributed by atoms with Crippen LogP contribution >= 0.6 is 0 Å². The van der Waals surface area contributed by atoms with Crippen molar-refractivity contribution in [3.05, 3.63) is 35.9 Å². The molecule has 1 aromatic carbocycles. The highest BCUT2D eigenvalue weighted by Crippen LogP contribution is 2.34. The summed E-state index contributed by atoms with van der Waals surface area (Å²) in [5, 5.41) is 1.97. The lowest BCUT2D eigenvalue weighted by Gasteiger charge is -2.23. The molecule has 0 radical (unpaired) electrons. The number of para-hydroxylation sites is 1. The van der Waals surface area contributed by atoms with E-state index in [1.54, 1.807) is 0 Å². The van der Waals surface area contributed by atoms with Gasteiger partial charge in [0.25, 0.3) is 0 Å². The molecule has 2 bridgehead atoms. The van der Waals surface area contributed by atoms with E-state index in [9.17, 15) is 0 Å². The van der Waals surface area contributed by atoms with Crippen LogP contribution in [0.4, 0.5) is 0 Å². The van der Waals surface area contributed by atoms with Crippen molar-refractivity contribution in [2.75, 3.05) is 13.1 Å². The molecule has 1 atom stereocenters. The Labute approximate surface area is 71.0 Å². The Hall–Kier alpha value is -1.28. The van der Waals surface area contributed by atoms with Crippen LogP contribution < -0.4 is 4.84 Å². The van der Waals surface area contributed by atoms with Crippen LogP contribution in [0.1, 0.15) is 5.56 Å². The molecule has 0 aromatic heterocycles. The molecular weight excluding hydrogens is 150 g/mol. The fourth-order valence-electron chi connectivity index (χ4n) is 1.75.